The molecule has 0 fully saturated rings. The number of rotatable bonds is 5. The Kier molecular flexibility index (Phi) is 4.23. The van der Waals surface area contributed by atoms with Gasteiger partial charge in [-0.3, -0.25) is 14.2 Å². The molecule has 1 N–H and O–H groups in total. The molecule has 0 bridgehead atoms. The average molecular weight is 309 g/mol. The zero-order valence-corrected chi connectivity index (χ0v) is 13.2. The molecule has 23 heavy (non-hydrogen) atoms. The van der Waals surface area contributed by atoms with E-state index in [9.17, 15) is 4.79 Å². The Morgan fingerprint density at radius 3 is 2.78 bits per heavy atom. The smallest absolute Gasteiger partial charge is 0.224 e. The Labute approximate surface area is 134 Å². The minimum Gasteiger partial charge on any atom is -0.326 e. The predicted octanol–water partition coefficient (Wildman–Crippen LogP) is 2.39. The highest BCUT2D eigenvalue weighted by molar-refractivity contribution is 5.91. The maximum Gasteiger partial charge on any atom is 0.224 e. The monoisotopic (exact) mass is 309 g/mol. The number of aromatic nitrogens is 4. The van der Waals surface area contributed by atoms with Crippen LogP contribution in [0.3, 0.4) is 0 Å². The van der Waals surface area contributed by atoms with E-state index in [0.717, 1.165) is 22.6 Å². The van der Waals surface area contributed by atoms with Crippen LogP contribution in [0.2, 0.25) is 0 Å². The molecule has 0 saturated heterocycles. The number of nitrogens with one attached hydrogen (secondary N) is 1. The van der Waals surface area contributed by atoms with Gasteiger partial charge in [-0.15, -0.1) is 0 Å². The van der Waals surface area contributed by atoms with E-state index in [1.54, 1.807) is 10.9 Å². The normalized spacial score (nSPS) is 10.7. The number of hydrogen-bond donors (Lipinski definition) is 1. The van der Waals surface area contributed by atoms with E-state index in [1.165, 1.54) is 0 Å². The molecular weight excluding hydrogens is 290 g/mol. The van der Waals surface area contributed by atoms with Crippen LogP contribution in [0.1, 0.15) is 12.1 Å². The van der Waals surface area contributed by atoms with Crippen molar-refractivity contribution in [3.8, 4) is 11.3 Å². The van der Waals surface area contributed by atoms with E-state index in [0.29, 0.717) is 12.8 Å². The summed E-state index contributed by atoms with van der Waals surface area (Å²) in [6, 6.07) is 11.6. The van der Waals surface area contributed by atoms with Crippen LogP contribution >= 0.6 is 0 Å². The standard InChI is InChI=1S/C17H19N5O/c1-21-11-9-14(20-21)6-7-17(23)19-15-5-3-4-13(12-15)16-8-10-18-22(16)2/h3-5,8-12H,6-7H2,1-2H3,(H,19,23). The second-order valence-electron chi connectivity index (χ2n) is 5.45. The van der Waals surface area contributed by atoms with Crippen molar-refractivity contribution in [2.45, 2.75) is 12.8 Å². The number of anilines is 1. The lowest BCUT2D eigenvalue weighted by molar-refractivity contribution is -0.116. The fraction of sp³-hybridized carbons (Fsp3) is 0.235. The highest BCUT2D eigenvalue weighted by Gasteiger charge is 2.07. The van der Waals surface area contributed by atoms with E-state index < -0.39 is 0 Å². The Morgan fingerprint density at radius 2 is 2.09 bits per heavy atom. The number of carbonyl (C=O) groups is 1. The molecular formula is C17H19N5O. The minimum atomic E-state index is -0.0159. The summed E-state index contributed by atoms with van der Waals surface area (Å²) in [4.78, 5) is 12.1. The summed E-state index contributed by atoms with van der Waals surface area (Å²) in [5.41, 5.74) is 3.74. The third-order valence-electron chi connectivity index (χ3n) is 3.64. The third-order valence-corrected chi connectivity index (χ3v) is 3.64. The summed E-state index contributed by atoms with van der Waals surface area (Å²) in [5.74, 6) is -0.0159. The van der Waals surface area contributed by atoms with Gasteiger partial charge in [-0.2, -0.15) is 10.2 Å². The van der Waals surface area contributed by atoms with E-state index in [2.05, 4.69) is 15.5 Å². The van der Waals surface area contributed by atoms with Crippen LogP contribution in [0.15, 0.2) is 48.8 Å². The first-order valence-corrected chi connectivity index (χ1v) is 7.48. The molecule has 3 aromatic rings. The molecule has 1 aromatic carbocycles. The van der Waals surface area contributed by atoms with E-state index in [1.807, 2.05) is 61.4 Å². The molecule has 6 nitrogen and oxygen atoms in total. The highest BCUT2D eigenvalue weighted by atomic mass is 16.1. The van der Waals surface area contributed by atoms with Crippen molar-refractivity contribution in [2.24, 2.45) is 14.1 Å². The van der Waals surface area contributed by atoms with Gasteiger partial charge in [0.2, 0.25) is 5.91 Å². The zero-order valence-electron chi connectivity index (χ0n) is 13.2. The Morgan fingerprint density at radius 1 is 1.22 bits per heavy atom. The van der Waals surface area contributed by atoms with Crippen molar-refractivity contribution in [2.75, 3.05) is 5.32 Å². The third kappa shape index (κ3) is 3.66. The van der Waals surface area contributed by atoms with Gasteiger partial charge in [0.05, 0.1) is 11.4 Å². The van der Waals surface area contributed by atoms with Crippen LogP contribution in [-0.4, -0.2) is 25.5 Å². The second-order valence-corrected chi connectivity index (χ2v) is 5.45. The highest BCUT2D eigenvalue weighted by Crippen LogP contribution is 2.21. The molecule has 0 atom stereocenters. The van der Waals surface area contributed by atoms with Crippen molar-refractivity contribution < 1.29 is 4.79 Å². The lowest BCUT2D eigenvalue weighted by Gasteiger charge is -2.07. The molecule has 0 aliphatic heterocycles. The molecule has 118 valence electrons. The summed E-state index contributed by atoms with van der Waals surface area (Å²) in [6.07, 6.45) is 4.68. The number of benzene rings is 1. The van der Waals surface area contributed by atoms with Crippen molar-refractivity contribution in [1.82, 2.24) is 19.6 Å². The summed E-state index contributed by atoms with van der Waals surface area (Å²) < 4.78 is 3.55. The molecule has 0 radical (unpaired) electrons. The lowest BCUT2D eigenvalue weighted by Crippen LogP contribution is -2.12. The van der Waals surface area contributed by atoms with Gasteiger partial charge in [0.1, 0.15) is 0 Å². The minimum absolute atomic E-state index is 0.0159. The van der Waals surface area contributed by atoms with Crippen LogP contribution in [-0.2, 0) is 25.3 Å². The lowest BCUT2D eigenvalue weighted by atomic mass is 10.1. The summed E-state index contributed by atoms with van der Waals surface area (Å²) in [7, 11) is 3.76. The van der Waals surface area contributed by atoms with Gasteiger partial charge in [0, 0.05) is 50.6 Å². The number of carbonyl (C=O) groups excluding carboxylic acids is 1. The number of nitrogens with zero attached hydrogens (tertiary/aromatic N) is 4. The topological polar surface area (TPSA) is 64.7 Å². The van der Waals surface area contributed by atoms with E-state index in [4.69, 9.17) is 0 Å². The molecule has 1 amide bonds. The second kappa shape index (κ2) is 6.48. The van der Waals surface area contributed by atoms with Gasteiger partial charge >= 0.3 is 0 Å². The first kappa shape index (κ1) is 15.0. The Bertz CT molecular complexity index is 818. The van der Waals surface area contributed by atoms with E-state index >= 15 is 0 Å². The van der Waals surface area contributed by atoms with Crippen molar-refractivity contribution >= 4 is 11.6 Å². The number of hydrogen-bond acceptors (Lipinski definition) is 3. The van der Waals surface area contributed by atoms with Gasteiger partial charge in [0.15, 0.2) is 0 Å². The number of aryl methyl sites for hydroxylation is 3. The van der Waals surface area contributed by atoms with Gasteiger partial charge < -0.3 is 5.32 Å². The van der Waals surface area contributed by atoms with Gasteiger partial charge in [-0.25, -0.2) is 0 Å². The van der Waals surface area contributed by atoms with Crippen LogP contribution in [0.5, 0.6) is 0 Å². The predicted molar refractivity (Wildman–Crippen MR) is 88.8 cm³/mol. The SMILES string of the molecule is Cn1ccc(CCC(=O)Nc2cccc(-c3ccnn3C)c2)n1. The maximum atomic E-state index is 12.1. The summed E-state index contributed by atoms with van der Waals surface area (Å²) in [5, 5.41) is 11.4. The molecule has 0 saturated carbocycles. The quantitative estimate of drug-likeness (QED) is 0.787. The maximum absolute atomic E-state index is 12.1. The molecule has 3 rings (SSSR count). The van der Waals surface area contributed by atoms with Crippen LogP contribution < -0.4 is 5.32 Å². The van der Waals surface area contributed by atoms with Crippen molar-refractivity contribution in [3.63, 3.8) is 0 Å². The molecule has 0 aliphatic carbocycles. The van der Waals surface area contributed by atoms with Gasteiger partial charge in [0.25, 0.3) is 0 Å². The Balaban J connectivity index is 1.63. The first-order valence-electron chi connectivity index (χ1n) is 7.48. The molecule has 2 heterocycles. The first-order chi connectivity index (χ1) is 11.1. The fourth-order valence-corrected chi connectivity index (χ4v) is 2.47. The summed E-state index contributed by atoms with van der Waals surface area (Å²) >= 11 is 0. The average Bonchev–Trinajstić information content (AvgIpc) is 3.14. The summed E-state index contributed by atoms with van der Waals surface area (Å²) in [6.45, 7) is 0. The molecule has 0 spiro atoms. The van der Waals surface area contributed by atoms with Crippen LogP contribution in [0, 0.1) is 0 Å². The molecule has 0 unspecified atom stereocenters. The Hall–Kier alpha value is -2.89. The van der Waals surface area contributed by atoms with Crippen molar-refractivity contribution in [1.29, 1.82) is 0 Å². The molecule has 6 heteroatoms. The van der Waals surface area contributed by atoms with Crippen molar-refractivity contribution in [3.05, 3.63) is 54.5 Å². The zero-order chi connectivity index (χ0) is 16.2. The molecule has 2 aromatic heterocycles. The van der Waals surface area contributed by atoms with E-state index in [-0.39, 0.29) is 5.91 Å². The van der Waals surface area contributed by atoms with Crippen LogP contribution in [0.4, 0.5) is 5.69 Å². The molecule has 0 aliphatic rings. The van der Waals surface area contributed by atoms with Crippen LogP contribution in [0.25, 0.3) is 11.3 Å². The fourth-order valence-electron chi connectivity index (χ4n) is 2.47. The number of amides is 1. The van der Waals surface area contributed by atoms with Gasteiger partial charge in [-0.1, -0.05) is 12.1 Å². The van der Waals surface area contributed by atoms with Gasteiger partial charge in [-0.05, 0) is 24.3 Å². The largest absolute Gasteiger partial charge is 0.326 e.